The Hall–Kier alpha value is -1.05. The van der Waals surface area contributed by atoms with Crippen molar-refractivity contribution < 1.29 is 14.0 Å². The number of hydrogen-bond donors (Lipinski definition) is 0. The second kappa shape index (κ2) is 5.79. The van der Waals surface area contributed by atoms with Crippen molar-refractivity contribution in [1.29, 1.82) is 0 Å². The van der Waals surface area contributed by atoms with Crippen LogP contribution in [0.25, 0.3) is 0 Å². The number of anilines is 1. The van der Waals surface area contributed by atoms with Crippen LogP contribution < -0.4 is 10.5 Å². The van der Waals surface area contributed by atoms with Crippen molar-refractivity contribution in [2.24, 2.45) is 0 Å². The zero-order valence-corrected chi connectivity index (χ0v) is 15.1. The number of ether oxygens (including phenoxy) is 1. The van der Waals surface area contributed by atoms with Gasteiger partial charge in [-0.25, -0.2) is 4.98 Å². The van der Waals surface area contributed by atoms with Crippen LogP contribution in [0.1, 0.15) is 46.6 Å². The fourth-order valence-corrected chi connectivity index (χ4v) is 3.02. The molecule has 128 valence electrons. The van der Waals surface area contributed by atoms with Crippen molar-refractivity contribution in [2.75, 3.05) is 32.2 Å². The number of nitrogens with zero attached hydrogens (tertiary/aromatic N) is 3. The minimum absolute atomic E-state index is 0.324. The summed E-state index contributed by atoms with van der Waals surface area (Å²) in [6, 6.07) is 0.324. The third-order valence-corrected chi connectivity index (χ3v) is 5.16. The highest BCUT2D eigenvalue weighted by atomic mass is 16.7. The Labute approximate surface area is 139 Å². The lowest BCUT2D eigenvalue weighted by Crippen LogP contribution is -2.41. The maximum absolute atomic E-state index is 6.14. The van der Waals surface area contributed by atoms with Crippen LogP contribution in [0.15, 0.2) is 6.20 Å². The number of imidazole rings is 1. The van der Waals surface area contributed by atoms with Crippen LogP contribution in [0, 0.1) is 0 Å². The topological polar surface area (TPSA) is 48.8 Å². The average Bonchev–Trinajstić information content (AvgIpc) is 3.00. The molecule has 0 aliphatic carbocycles. The summed E-state index contributed by atoms with van der Waals surface area (Å²) in [7, 11) is 3.59. The molecule has 0 amide bonds. The highest BCUT2D eigenvalue weighted by Crippen LogP contribution is 2.36. The summed E-state index contributed by atoms with van der Waals surface area (Å²) >= 11 is 0. The first-order chi connectivity index (χ1) is 10.7. The van der Waals surface area contributed by atoms with E-state index in [9.17, 15) is 0 Å². The molecule has 0 radical (unpaired) electrons. The van der Waals surface area contributed by atoms with Gasteiger partial charge >= 0.3 is 7.12 Å². The first-order valence-electron chi connectivity index (χ1n) is 8.41. The molecule has 2 fully saturated rings. The van der Waals surface area contributed by atoms with Crippen LogP contribution in [0.2, 0.25) is 0 Å². The first kappa shape index (κ1) is 16.8. The number of rotatable bonds is 3. The van der Waals surface area contributed by atoms with Crippen molar-refractivity contribution in [3.63, 3.8) is 0 Å². The molecule has 2 saturated heterocycles. The van der Waals surface area contributed by atoms with Crippen molar-refractivity contribution >= 4 is 18.7 Å². The quantitative estimate of drug-likeness (QED) is 0.792. The van der Waals surface area contributed by atoms with Crippen molar-refractivity contribution in [3.8, 4) is 0 Å². The molecule has 1 aromatic heterocycles. The van der Waals surface area contributed by atoms with E-state index in [4.69, 9.17) is 19.0 Å². The van der Waals surface area contributed by atoms with Gasteiger partial charge in [-0.05, 0) is 40.5 Å². The van der Waals surface area contributed by atoms with Crippen LogP contribution in [0.3, 0.4) is 0 Å². The van der Waals surface area contributed by atoms with Gasteiger partial charge in [-0.1, -0.05) is 0 Å². The third kappa shape index (κ3) is 3.02. The summed E-state index contributed by atoms with van der Waals surface area (Å²) in [4.78, 5) is 6.81. The second-order valence-corrected chi connectivity index (χ2v) is 7.73. The SMILES string of the molecule is CN(C)c1nc(B2OC(C)(C)C(C)(C)O2)cn1C1CCCOC1. The van der Waals surface area contributed by atoms with E-state index in [1.165, 1.54) is 0 Å². The van der Waals surface area contributed by atoms with Crippen LogP contribution in [0.5, 0.6) is 0 Å². The summed E-state index contributed by atoms with van der Waals surface area (Å²) in [5.41, 5.74) is 0.124. The fourth-order valence-electron chi connectivity index (χ4n) is 3.02. The van der Waals surface area contributed by atoms with E-state index in [1.54, 1.807) is 0 Å². The Kier molecular flexibility index (Phi) is 4.23. The molecule has 1 atom stereocenters. The summed E-state index contributed by atoms with van der Waals surface area (Å²) in [5, 5.41) is 0. The molecule has 1 aromatic rings. The van der Waals surface area contributed by atoms with Gasteiger partial charge in [0.2, 0.25) is 5.95 Å². The monoisotopic (exact) mass is 321 g/mol. The van der Waals surface area contributed by atoms with E-state index < -0.39 is 7.12 Å². The highest BCUT2D eigenvalue weighted by molar-refractivity contribution is 6.61. The predicted octanol–water partition coefficient (Wildman–Crippen LogP) is 1.60. The lowest BCUT2D eigenvalue weighted by atomic mass is 9.86. The molecular weight excluding hydrogens is 293 g/mol. The van der Waals surface area contributed by atoms with E-state index >= 15 is 0 Å². The molecule has 6 nitrogen and oxygen atoms in total. The molecule has 0 N–H and O–H groups in total. The molecule has 2 aliphatic rings. The Morgan fingerprint density at radius 1 is 1.22 bits per heavy atom. The average molecular weight is 321 g/mol. The standard InChI is InChI=1S/C16H28BN3O3/c1-15(2)16(3,4)23-17(22-15)13-10-20(14(18-13)19(5)6)12-8-7-9-21-11-12/h10,12H,7-9,11H2,1-6H3. The summed E-state index contributed by atoms with van der Waals surface area (Å²) in [6.45, 7) is 9.84. The first-order valence-corrected chi connectivity index (χ1v) is 8.41. The zero-order valence-electron chi connectivity index (χ0n) is 15.1. The fraction of sp³-hybridized carbons (Fsp3) is 0.812. The summed E-state index contributed by atoms with van der Waals surface area (Å²) in [5.74, 6) is 0.921. The number of hydrogen-bond acceptors (Lipinski definition) is 5. The zero-order chi connectivity index (χ0) is 16.8. The van der Waals surface area contributed by atoms with Crippen LogP contribution >= 0.6 is 0 Å². The maximum Gasteiger partial charge on any atom is 0.516 e. The largest absolute Gasteiger partial charge is 0.516 e. The molecule has 0 bridgehead atoms. The highest BCUT2D eigenvalue weighted by Gasteiger charge is 2.52. The van der Waals surface area contributed by atoms with E-state index in [1.807, 2.05) is 19.0 Å². The van der Waals surface area contributed by atoms with Crippen molar-refractivity contribution in [1.82, 2.24) is 9.55 Å². The van der Waals surface area contributed by atoms with Crippen LogP contribution in [-0.4, -0.2) is 55.2 Å². The molecule has 2 aliphatic heterocycles. The van der Waals surface area contributed by atoms with Crippen molar-refractivity contribution in [3.05, 3.63) is 6.20 Å². The van der Waals surface area contributed by atoms with Gasteiger partial charge in [0, 0.05) is 26.9 Å². The molecule has 3 heterocycles. The Morgan fingerprint density at radius 2 is 1.87 bits per heavy atom. The van der Waals surface area contributed by atoms with E-state index in [0.29, 0.717) is 6.04 Å². The Bertz CT molecular complexity index is 549. The van der Waals surface area contributed by atoms with Gasteiger partial charge in [-0.15, -0.1) is 0 Å². The normalized spacial score (nSPS) is 26.5. The molecular formula is C16H28BN3O3. The van der Waals surface area contributed by atoms with Gasteiger partial charge < -0.3 is 23.5 Å². The van der Waals surface area contributed by atoms with E-state index in [2.05, 4.69) is 38.5 Å². The lowest BCUT2D eigenvalue weighted by Gasteiger charge is -2.32. The third-order valence-electron chi connectivity index (χ3n) is 5.16. The molecule has 23 heavy (non-hydrogen) atoms. The van der Waals surface area contributed by atoms with Gasteiger partial charge in [0.25, 0.3) is 0 Å². The van der Waals surface area contributed by atoms with E-state index in [0.717, 1.165) is 37.6 Å². The molecule has 0 saturated carbocycles. The van der Waals surface area contributed by atoms with Gasteiger partial charge in [-0.2, -0.15) is 0 Å². The van der Waals surface area contributed by atoms with Crippen LogP contribution in [-0.2, 0) is 14.0 Å². The van der Waals surface area contributed by atoms with E-state index in [-0.39, 0.29) is 11.2 Å². The summed E-state index contributed by atoms with van der Waals surface area (Å²) < 4.78 is 20.1. The molecule has 7 heteroatoms. The Balaban J connectivity index is 1.89. The Morgan fingerprint density at radius 3 is 2.39 bits per heavy atom. The second-order valence-electron chi connectivity index (χ2n) is 7.73. The van der Waals surface area contributed by atoms with Crippen molar-refractivity contribution in [2.45, 2.75) is 57.8 Å². The maximum atomic E-state index is 6.14. The van der Waals surface area contributed by atoms with Gasteiger partial charge in [0.15, 0.2) is 0 Å². The lowest BCUT2D eigenvalue weighted by molar-refractivity contribution is 0.00578. The van der Waals surface area contributed by atoms with Crippen LogP contribution in [0.4, 0.5) is 5.95 Å². The number of aromatic nitrogens is 2. The smallest absolute Gasteiger partial charge is 0.398 e. The molecule has 3 rings (SSSR count). The minimum atomic E-state index is -0.426. The molecule has 0 aromatic carbocycles. The predicted molar refractivity (Wildman–Crippen MR) is 91.4 cm³/mol. The summed E-state index contributed by atoms with van der Waals surface area (Å²) in [6.07, 6.45) is 4.26. The van der Waals surface area contributed by atoms with Gasteiger partial charge in [0.05, 0.1) is 29.4 Å². The van der Waals surface area contributed by atoms with Gasteiger partial charge in [-0.3, -0.25) is 0 Å². The minimum Gasteiger partial charge on any atom is -0.398 e. The molecule has 1 unspecified atom stereocenters. The molecule has 0 spiro atoms. The van der Waals surface area contributed by atoms with Gasteiger partial charge in [0.1, 0.15) is 0 Å².